The van der Waals surface area contributed by atoms with E-state index in [0.29, 0.717) is 6.07 Å². The summed E-state index contributed by atoms with van der Waals surface area (Å²) in [7, 11) is 1.77. The van der Waals surface area contributed by atoms with Gasteiger partial charge >= 0.3 is 0 Å². The molecule has 1 saturated heterocycles. The molecule has 36 heavy (non-hydrogen) atoms. The van der Waals surface area contributed by atoms with Gasteiger partial charge in [-0.1, -0.05) is 43.2 Å². The van der Waals surface area contributed by atoms with E-state index in [9.17, 15) is 23.2 Å². The van der Waals surface area contributed by atoms with Crippen molar-refractivity contribution >= 4 is 17.7 Å². The Morgan fingerprint density at radius 2 is 1.75 bits per heavy atom. The molecule has 0 unspecified atom stereocenters. The van der Waals surface area contributed by atoms with E-state index in [1.54, 1.807) is 18.9 Å². The fourth-order valence-electron chi connectivity index (χ4n) is 5.06. The number of nitrogens with one attached hydrogen (secondary N) is 2. The van der Waals surface area contributed by atoms with E-state index in [0.717, 1.165) is 43.4 Å². The molecule has 4 rings (SSSR count). The summed E-state index contributed by atoms with van der Waals surface area (Å²) in [4.78, 5) is 40.5. The van der Waals surface area contributed by atoms with Crippen LogP contribution in [0.25, 0.3) is 0 Å². The minimum atomic E-state index is -0.921. The van der Waals surface area contributed by atoms with Gasteiger partial charge in [-0.15, -0.1) is 0 Å². The van der Waals surface area contributed by atoms with E-state index in [2.05, 4.69) is 10.6 Å². The standard InChI is InChI=1S/C27H31F2N3O4/c1-16(26(34)31-23(33)14-17-12-19(28)15-20(29)13-17)30-24-25(18-8-4-3-5-9-18)36-22-11-7-6-10-21(22)32(2)27(24)35/h3-5,8-9,12-13,15-16,21-22,24-25,30H,6-7,10-11,14H2,1-2H3,(H,31,33,34)/t16-,21+,22+,24-,25+/m0/s1. The van der Waals surface area contributed by atoms with Crippen molar-refractivity contribution in [2.75, 3.05) is 7.05 Å². The van der Waals surface area contributed by atoms with Gasteiger partial charge in [0.05, 0.1) is 24.6 Å². The van der Waals surface area contributed by atoms with Gasteiger partial charge in [-0.2, -0.15) is 0 Å². The molecule has 0 spiro atoms. The van der Waals surface area contributed by atoms with Crippen molar-refractivity contribution in [1.82, 2.24) is 15.5 Å². The number of imide groups is 1. The molecule has 2 fully saturated rings. The van der Waals surface area contributed by atoms with Crippen LogP contribution in [0.15, 0.2) is 48.5 Å². The lowest BCUT2D eigenvalue weighted by Crippen LogP contribution is -2.55. The number of nitrogens with zero attached hydrogens (tertiary/aromatic N) is 1. The minimum Gasteiger partial charge on any atom is -0.366 e. The number of carbonyl (C=O) groups is 3. The van der Waals surface area contributed by atoms with Gasteiger partial charge in [0.15, 0.2) is 0 Å². The van der Waals surface area contributed by atoms with Crippen LogP contribution in [-0.2, 0) is 25.5 Å². The summed E-state index contributed by atoms with van der Waals surface area (Å²) in [5.41, 5.74) is 0.930. The van der Waals surface area contributed by atoms with Crippen molar-refractivity contribution < 1.29 is 27.9 Å². The molecule has 2 N–H and O–H groups in total. The SMILES string of the molecule is C[C@H](N[C@@H]1C(=O)N(C)[C@@H]2CCCC[C@H]2O[C@@H]1c1ccccc1)C(=O)NC(=O)Cc1cc(F)cc(F)c1. The Balaban J connectivity index is 1.49. The number of hydrogen-bond acceptors (Lipinski definition) is 5. The number of amides is 3. The fourth-order valence-corrected chi connectivity index (χ4v) is 5.06. The second-order valence-corrected chi connectivity index (χ2v) is 9.54. The topological polar surface area (TPSA) is 87.7 Å². The smallest absolute Gasteiger partial charge is 0.243 e. The van der Waals surface area contributed by atoms with Gasteiger partial charge in [0.25, 0.3) is 0 Å². The zero-order chi connectivity index (χ0) is 25.8. The Morgan fingerprint density at radius 1 is 1.08 bits per heavy atom. The van der Waals surface area contributed by atoms with Crippen molar-refractivity contribution in [1.29, 1.82) is 0 Å². The third-order valence-electron chi connectivity index (χ3n) is 6.90. The summed E-state index contributed by atoms with van der Waals surface area (Å²) in [6, 6.07) is 10.4. The number of fused-ring (bicyclic) bond motifs is 1. The first kappa shape index (κ1) is 25.9. The van der Waals surface area contributed by atoms with E-state index in [4.69, 9.17) is 4.74 Å². The molecule has 0 bridgehead atoms. The lowest BCUT2D eigenvalue weighted by atomic mass is 9.91. The summed E-state index contributed by atoms with van der Waals surface area (Å²) in [6.45, 7) is 1.55. The quantitative estimate of drug-likeness (QED) is 0.638. The molecular weight excluding hydrogens is 468 g/mol. The molecule has 192 valence electrons. The first-order chi connectivity index (χ1) is 17.2. The fraction of sp³-hybridized carbons (Fsp3) is 0.444. The highest BCUT2D eigenvalue weighted by Gasteiger charge is 2.44. The van der Waals surface area contributed by atoms with Crippen molar-refractivity contribution in [3.63, 3.8) is 0 Å². The molecule has 2 aromatic carbocycles. The van der Waals surface area contributed by atoms with E-state index in [1.165, 1.54) is 0 Å². The van der Waals surface area contributed by atoms with E-state index < -0.39 is 41.6 Å². The Bertz CT molecular complexity index is 1090. The van der Waals surface area contributed by atoms with Crippen LogP contribution in [0.2, 0.25) is 0 Å². The molecule has 9 heteroatoms. The van der Waals surface area contributed by atoms with Gasteiger partial charge in [-0.25, -0.2) is 8.78 Å². The Labute approximate surface area is 209 Å². The number of carbonyl (C=O) groups excluding carboxylic acids is 3. The first-order valence-electron chi connectivity index (χ1n) is 12.2. The third-order valence-corrected chi connectivity index (χ3v) is 6.90. The molecule has 5 atom stereocenters. The highest BCUT2D eigenvalue weighted by Crippen LogP contribution is 2.35. The second kappa shape index (κ2) is 11.3. The average Bonchev–Trinajstić information content (AvgIpc) is 2.94. The number of hydrogen-bond donors (Lipinski definition) is 2. The maximum Gasteiger partial charge on any atom is 0.243 e. The number of ether oxygens (including phenoxy) is 1. The normalized spacial score (nSPS) is 25.0. The van der Waals surface area contributed by atoms with E-state index >= 15 is 0 Å². The molecule has 0 aromatic heterocycles. The molecule has 2 aromatic rings. The highest BCUT2D eigenvalue weighted by molar-refractivity contribution is 5.98. The van der Waals surface area contributed by atoms with Gasteiger partial charge in [0.2, 0.25) is 17.7 Å². The van der Waals surface area contributed by atoms with Crippen molar-refractivity contribution in [2.45, 2.75) is 69.4 Å². The van der Waals surface area contributed by atoms with Crippen LogP contribution in [0.4, 0.5) is 8.78 Å². The summed E-state index contributed by atoms with van der Waals surface area (Å²) in [5.74, 6) is -3.14. The third kappa shape index (κ3) is 5.96. The summed E-state index contributed by atoms with van der Waals surface area (Å²) in [6.07, 6.45) is 2.66. The Hall–Kier alpha value is -3.17. The van der Waals surface area contributed by atoms with Gasteiger partial charge in [0.1, 0.15) is 23.8 Å². The van der Waals surface area contributed by atoms with E-state index in [1.807, 2.05) is 30.3 Å². The summed E-state index contributed by atoms with van der Waals surface area (Å²) in [5, 5.41) is 5.34. The summed E-state index contributed by atoms with van der Waals surface area (Å²) < 4.78 is 33.4. The minimum absolute atomic E-state index is 0.0402. The number of likely N-dealkylation sites (N-methyl/N-ethyl adjacent to an activating group) is 1. The zero-order valence-electron chi connectivity index (χ0n) is 20.4. The van der Waals surface area contributed by atoms with Crippen LogP contribution < -0.4 is 10.6 Å². The molecule has 1 aliphatic carbocycles. The van der Waals surface area contributed by atoms with E-state index in [-0.39, 0.29) is 30.0 Å². The van der Waals surface area contributed by atoms with Crippen LogP contribution in [-0.4, -0.2) is 53.9 Å². The van der Waals surface area contributed by atoms with Gasteiger partial charge in [-0.3, -0.25) is 25.0 Å². The van der Waals surface area contributed by atoms with Crippen LogP contribution >= 0.6 is 0 Å². The van der Waals surface area contributed by atoms with Crippen LogP contribution in [0.1, 0.15) is 49.8 Å². The predicted octanol–water partition coefficient (Wildman–Crippen LogP) is 3.04. The molecular formula is C27H31F2N3O4. The van der Waals surface area contributed by atoms with Gasteiger partial charge in [-0.05, 0) is 43.0 Å². The second-order valence-electron chi connectivity index (χ2n) is 9.54. The van der Waals surface area contributed by atoms with Crippen LogP contribution in [0.5, 0.6) is 0 Å². The maximum atomic E-state index is 13.6. The maximum absolute atomic E-state index is 13.6. The lowest BCUT2D eigenvalue weighted by Gasteiger charge is -2.35. The zero-order valence-corrected chi connectivity index (χ0v) is 20.4. The van der Waals surface area contributed by atoms with Crippen LogP contribution in [0.3, 0.4) is 0 Å². The van der Waals surface area contributed by atoms with Crippen molar-refractivity contribution in [2.24, 2.45) is 0 Å². The van der Waals surface area contributed by atoms with Gasteiger partial charge < -0.3 is 9.64 Å². The predicted molar refractivity (Wildman–Crippen MR) is 129 cm³/mol. The Morgan fingerprint density at radius 3 is 2.44 bits per heavy atom. The summed E-state index contributed by atoms with van der Waals surface area (Å²) >= 11 is 0. The van der Waals surface area contributed by atoms with Crippen molar-refractivity contribution in [3.8, 4) is 0 Å². The molecule has 3 amide bonds. The molecule has 7 nitrogen and oxygen atoms in total. The lowest BCUT2D eigenvalue weighted by molar-refractivity contribution is -0.135. The van der Waals surface area contributed by atoms with Crippen LogP contribution in [0, 0.1) is 11.6 Å². The largest absolute Gasteiger partial charge is 0.366 e. The molecule has 1 aliphatic heterocycles. The molecule has 2 aliphatic rings. The highest BCUT2D eigenvalue weighted by atomic mass is 19.1. The number of rotatable bonds is 6. The molecule has 1 saturated carbocycles. The number of halogens is 2. The monoisotopic (exact) mass is 499 g/mol. The Kier molecular flexibility index (Phi) is 8.11. The van der Waals surface area contributed by atoms with Gasteiger partial charge in [0, 0.05) is 13.1 Å². The average molecular weight is 500 g/mol. The number of benzene rings is 2. The van der Waals surface area contributed by atoms with Crippen molar-refractivity contribution in [3.05, 3.63) is 71.3 Å². The first-order valence-corrected chi connectivity index (χ1v) is 12.2. The molecule has 0 radical (unpaired) electrons. The molecule has 1 heterocycles.